The van der Waals surface area contributed by atoms with E-state index < -0.39 is 0 Å². The minimum Gasteiger partial charge on any atom is -0.244 e. The Bertz CT molecular complexity index is 291. The average Bonchev–Trinajstić information content (AvgIpc) is 2.03. The molecule has 0 aliphatic carbocycles. The zero-order valence-corrected chi connectivity index (χ0v) is 6.11. The van der Waals surface area contributed by atoms with Gasteiger partial charge in [0.15, 0.2) is 0 Å². The van der Waals surface area contributed by atoms with Crippen molar-refractivity contribution in [2.75, 3.05) is 0 Å². The van der Waals surface area contributed by atoms with Crippen LogP contribution in [-0.4, -0.2) is 16.0 Å². The summed E-state index contributed by atoms with van der Waals surface area (Å²) in [6.07, 6.45) is 4.57. The van der Waals surface area contributed by atoms with E-state index in [1.807, 2.05) is 6.92 Å². The molecular weight excluding hydrogens is 142 g/mol. The Hall–Kier alpha value is -1.54. The first-order chi connectivity index (χ1) is 5.34. The SMILES string of the molecule is Cc1ncncc1CN=C=O. The van der Waals surface area contributed by atoms with E-state index >= 15 is 0 Å². The Morgan fingerprint density at radius 1 is 1.73 bits per heavy atom. The van der Waals surface area contributed by atoms with Crippen LogP contribution in [0.4, 0.5) is 0 Å². The van der Waals surface area contributed by atoms with Gasteiger partial charge in [-0.05, 0) is 6.92 Å². The summed E-state index contributed by atoms with van der Waals surface area (Å²) in [6.45, 7) is 2.16. The lowest BCUT2D eigenvalue weighted by atomic mass is 10.2. The van der Waals surface area contributed by atoms with Crippen LogP contribution in [-0.2, 0) is 11.3 Å². The van der Waals surface area contributed by atoms with E-state index in [0.29, 0.717) is 6.54 Å². The third kappa shape index (κ3) is 1.95. The molecule has 1 rings (SSSR count). The number of aliphatic imine (C=N–C) groups is 1. The van der Waals surface area contributed by atoms with Gasteiger partial charge in [-0.25, -0.2) is 19.8 Å². The lowest BCUT2D eigenvalue weighted by Gasteiger charge is -1.96. The first kappa shape index (κ1) is 7.57. The molecule has 0 atom stereocenters. The summed E-state index contributed by atoms with van der Waals surface area (Å²) in [5, 5.41) is 0. The maximum absolute atomic E-state index is 9.76. The van der Waals surface area contributed by atoms with Gasteiger partial charge in [0.05, 0.1) is 6.54 Å². The molecule has 0 saturated heterocycles. The van der Waals surface area contributed by atoms with E-state index in [4.69, 9.17) is 0 Å². The number of hydrogen-bond donors (Lipinski definition) is 0. The van der Waals surface area contributed by atoms with Crippen LogP contribution in [0.25, 0.3) is 0 Å². The molecule has 0 aliphatic rings. The van der Waals surface area contributed by atoms with E-state index in [-0.39, 0.29) is 0 Å². The van der Waals surface area contributed by atoms with Gasteiger partial charge in [-0.1, -0.05) is 0 Å². The maximum Gasteiger partial charge on any atom is 0.235 e. The number of hydrogen-bond acceptors (Lipinski definition) is 4. The van der Waals surface area contributed by atoms with E-state index in [9.17, 15) is 4.79 Å². The van der Waals surface area contributed by atoms with E-state index in [1.54, 1.807) is 6.20 Å². The van der Waals surface area contributed by atoms with Crippen LogP contribution in [0.15, 0.2) is 17.5 Å². The molecule has 0 N–H and O–H groups in total. The minimum atomic E-state index is 0.316. The Morgan fingerprint density at radius 2 is 2.55 bits per heavy atom. The first-order valence-electron chi connectivity index (χ1n) is 3.13. The van der Waals surface area contributed by atoms with Crippen molar-refractivity contribution in [2.24, 2.45) is 4.99 Å². The quantitative estimate of drug-likeness (QED) is 0.457. The average molecular weight is 149 g/mol. The van der Waals surface area contributed by atoms with Gasteiger partial charge in [0.1, 0.15) is 6.33 Å². The maximum atomic E-state index is 9.76. The molecule has 0 aliphatic heterocycles. The van der Waals surface area contributed by atoms with Crippen LogP contribution < -0.4 is 0 Å². The summed E-state index contributed by atoms with van der Waals surface area (Å²) < 4.78 is 0. The van der Waals surface area contributed by atoms with Crippen LogP contribution in [0.5, 0.6) is 0 Å². The molecule has 0 fully saturated rings. The van der Waals surface area contributed by atoms with Crippen molar-refractivity contribution >= 4 is 6.08 Å². The molecule has 11 heavy (non-hydrogen) atoms. The third-order valence-corrected chi connectivity index (χ3v) is 1.33. The molecule has 1 aromatic rings. The smallest absolute Gasteiger partial charge is 0.235 e. The predicted molar refractivity (Wildman–Crippen MR) is 38.6 cm³/mol. The van der Waals surface area contributed by atoms with Gasteiger partial charge in [-0.2, -0.15) is 0 Å². The molecule has 0 saturated carbocycles. The van der Waals surface area contributed by atoms with Crippen molar-refractivity contribution in [1.82, 2.24) is 9.97 Å². The largest absolute Gasteiger partial charge is 0.244 e. The highest BCUT2D eigenvalue weighted by molar-refractivity contribution is 5.33. The minimum absolute atomic E-state index is 0.316. The topological polar surface area (TPSA) is 55.2 Å². The van der Waals surface area contributed by atoms with Crippen molar-refractivity contribution < 1.29 is 4.79 Å². The second kappa shape index (κ2) is 3.58. The summed E-state index contributed by atoms with van der Waals surface area (Å²) in [4.78, 5) is 20.9. The predicted octanol–water partition coefficient (Wildman–Crippen LogP) is 0.621. The molecule has 1 heterocycles. The van der Waals surface area contributed by atoms with Gasteiger partial charge < -0.3 is 0 Å². The fraction of sp³-hybridized carbons (Fsp3) is 0.286. The molecule has 4 heteroatoms. The molecule has 56 valence electrons. The lowest BCUT2D eigenvalue weighted by molar-refractivity contribution is 0.562. The third-order valence-electron chi connectivity index (χ3n) is 1.33. The van der Waals surface area contributed by atoms with Crippen molar-refractivity contribution in [1.29, 1.82) is 0 Å². The van der Waals surface area contributed by atoms with E-state index in [0.717, 1.165) is 11.3 Å². The van der Waals surface area contributed by atoms with E-state index in [1.165, 1.54) is 12.4 Å². The monoisotopic (exact) mass is 149 g/mol. The summed E-state index contributed by atoms with van der Waals surface area (Å²) >= 11 is 0. The molecule has 0 unspecified atom stereocenters. The zero-order valence-electron chi connectivity index (χ0n) is 6.11. The zero-order chi connectivity index (χ0) is 8.10. The summed E-state index contributed by atoms with van der Waals surface area (Å²) in [6, 6.07) is 0. The fourth-order valence-corrected chi connectivity index (χ4v) is 0.692. The Balaban J connectivity index is 2.85. The summed E-state index contributed by atoms with van der Waals surface area (Å²) in [5.41, 5.74) is 1.70. The van der Waals surface area contributed by atoms with Gasteiger partial charge >= 0.3 is 0 Å². The number of nitrogens with zero attached hydrogens (tertiary/aromatic N) is 3. The van der Waals surface area contributed by atoms with Crippen LogP contribution in [0, 0.1) is 6.92 Å². The summed E-state index contributed by atoms with van der Waals surface area (Å²) in [5.74, 6) is 0. The number of aromatic nitrogens is 2. The Morgan fingerprint density at radius 3 is 3.18 bits per heavy atom. The van der Waals surface area contributed by atoms with Gasteiger partial charge in [-0.3, -0.25) is 0 Å². The molecular formula is C7H7N3O. The highest BCUT2D eigenvalue weighted by atomic mass is 16.1. The molecule has 0 amide bonds. The molecule has 0 radical (unpaired) electrons. The molecule has 0 bridgehead atoms. The highest BCUT2D eigenvalue weighted by Crippen LogP contribution is 2.01. The molecule has 4 nitrogen and oxygen atoms in total. The van der Waals surface area contributed by atoms with Crippen molar-refractivity contribution in [3.05, 3.63) is 23.8 Å². The van der Waals surface area contributed by atoms with E-state index in [2.05, 4.69) is 15.0 Å². The lowest BCUT2D eigenvalue weighted by Crippen LogP contribution is -1.91. The van der Waals surface area contributed by atoms with Gasteiger partial charge in [0.2, 0.25) is 6.08 Å². The van der Waals surface area contributed by atoms with Crippen molar-refractivity contribution in [3.8, 4) is 0 Å². The van der Waals surface area contributed by atoms with Gasteiger partial charge in [-0.15, -0.1) is 0 Å². The van der Waals surface area contributed by atoms with Gasteiger partial charge in [0, 0.05) is 17.5 Å². The molecule has 0 spiro atoms. The second-order valence-electron chi connectivity index (χ2n) is 2.04. The van der Waals surface area contributed by atoms with Crippen LogP contribution >= 0.6 is 0 Å². The number of carbonyl (C=O) groups excluding carboxylic acids is 1. The number of rotatable bonds is 2. The Labute approximate surface area is 64.0 Å². The number of isocyanates is 1. The molecule has 1 aromatic heterocycles. The van der Waals surface area contributed by atoms with Crippen molar-refractivity contribution in [2.45, 2.75) is 13.5 Å². The van der Waals surface area contributed by atoms with Gasteiger partial charge in [0.25, 0.3) is 0 Å². The van der Waals surface area contributed by atoms with Crippen LogP contribution in [0.2, 0.25) is 0 Å². The Kier molecular flexibility index (Phi) is 2.47. The highest BCUT2D eigenvalue weighted by Gasteiger charge is 1.95. The normalized spacial score (nSPS) is 8.82. The van der Waals surface area contributed by atoms with Crippen molar-refractivity contribution in [3.63, 3.8) is 0 Å². The second-order valence-corrected chi connectivity index (χ2v) is 2.04. The number of aryl methyl sites for hydroxylation is 1. The summed E-state index contributed by atoms with van der Waals surface area (Å²) in [7, 11) is 0. The first-order valence-corrected chi connectivity index (χ1v) is 3.13. The van der Waals surface area contributed by atoms with Crippen LogP contribution in [0.3, 0.4) is 0 Å². The fourth-order valence-electron chi connectivity index (χ4n) is 0.692. The van der Waals surface area contributed by atoms with Crippen LogP contribution in [0.1, 0.15) is 11.3 Å². The molecule has 0 aromatic carbocycles. The standard InChI is InChI=1S/C7H7N3O/c1-6-7(3-9-5-11)2-8-4-10-6/h2,4H,3H2,1H3.